The van der Waals surface area contributed by atoms with Crippen LogP contribution in [0.3, 0.4) is 0 Å². The number of rotatable bonds is 10. The molecule has 1 aliphatic heterocycles. The Balaban J connectivity index is 1.99. The zero-order chi connectivity index (χ0) is 23.1. The van der Waals surface area contributed by atoms with E-state index in [9.17, 15) is 14.7 Å². The fraction of sp³-hybridized carbons (Fsp3) is 0.385. The maximum atomic E-state index is 13.0. The molecule has 170 valence electrons. The van der Waals surface area contributed by atoms with Crippen molar-refractivity contribution in [3.63, 3.8) is 0 Å². The normalized spacial score (nSPS) is 17.9. The maximum Gasteiger partial charge on any atom is 0.295 e. The van der Waals surface area contributed by atoms with Gasteiger partial charge in [0.1, 0.15) is 11.5 Å². The van der Waals surface area contributed by atoms with Gasteiger partial charge in [-0.25, -0.2) is 0 Å². The van der Waals surface area contributed by atoms with E-state index in [4.69, 9.17) is 4.74 Å². The van der Waals surface area contributed by atoms with Crippen LogP contribution in [-0.2, 0) is 9.59 Å². The molecule has 1 fully saturated rings. The minimum Gasteiger partial charge on any atom is -0.507 e. The number of ether oxygens (including phenoxy) is 1. The van der Waals surface area contributed by atoms with Crippen LogP contribution in [0.15, 0.2) is 60.2 Å². The molecule has 1 amide bonds. The number of carbonyl (C=O) groups is 2. The number of amides is 1. The zero-order valence-corrected chi connectivity index (χ0v) is 19.1. The van der Waals surface area contributed by atoms with E-state index in [1.54, 1.807) is 29.2 Å². The minimum atomic E-state index is -0.645. The number of ketones is 1. The molecular formula is C26H32N2O4. The Morgan fingerprint density at radius 2 is 1.66 bits per heavy atom. The quantitative estimate of drug-likeness (QED) is 0.343. The first kappa shape index (κ1) is 23.5. The topological polar surface area (TPSA) is 70.1 Å². The number of hydrogen-bond donors (Lipinski definition) is 1. The third kappa shape index (κ3) is 5.02. The molecule has 2 aromatic rings. The lowest BCUT2D eigenvalue weighted by atomic mass is 9.95. The van der Waals surface area contributed by atoms with E-state index in [1.165, 1.54) is 0 Å². The standard InChI is InChI=1S/C26H32N2O4/c1-4-27(5-2)17-10-18-28-23(19-13-15-21(16-14-19)32-6-3)22(25(30)26(28)31)24(29)20-11-8-7-9-12-20/h7-9,11-16,23,29H,4-6,10,17-18H2,1-3H3/b24-22-. The van der Waals surface area contributed by atoms with Crippen LogP contribution in [0.2, 0.25) is 0 Å². The molecule has 3 rings (SSSR count). The van der Waals surface area contributed by atoms with E-state index < -0.39 is 17.7 Å². The molecule has 0 bridgehead atoms. The predicted octanol–water partition coefficient (Wildman–Crippen LogP) is 4.24. The molecule has 1 unspecified atom stereocenters. The Labute approximate surface area is 190 Å². The molecule has 1 heterocycles. The van der Waals surface area contributed by atoms with Crippen molar-refractivity contribution < 1.29 is 19.4 Å². The van der Waals surface area contributed by atoms with Gasteiger partial charge in [0.25, 0.3) is 11.7 Å². The number of carbonyl (C=O) groups excluding carboxylic acids is 2. The van der Waals surface area contributed by atoms with Gasteiger partial charge in [0.2, 0.25) is 0 Å². The van der Waals surface area contributed by atoms with Gasteiger partial charge in [-0.3, -0.25) is 9.59 Å². The lowest BCUT2D eigenvalue weighted by Crippen LogP contribution is -2.33. The van der Waals surface area contributed by atoms with Crippen LogP contribution >= 0.6 is 0 Å². The second-order valence-electron chi connectivity index (χ2n) is 7.74. The van der Waals surface area contributed by atoms with E-state index in [0.29, 0.717) is 18.7 Å². The number of benzene rings is 2. The van der Waals surface area contributed by atoms with Crippen molar-refractivity contribution in [2.75, 3.05) is 32.8 Å². The summed E-state index contributed by atoms with van der Waals surface area (Å²) in [5, 5.41) is 11.0. The van der Waals surface area contributed by atoms with Crippen molar-refractivity contribution in [2.24, 2.45) is 0 Å². The smallest absolute Gasteiger partial charge is 0.295 e. The first-order valence-electron chi connectivity index (χ1n) is 11.3. The van der Waals surface area contributed by atoms with Crippen molar-refractivity contribution in [2.45, 2.75) is 33.2 Å². The summed E-state index contributed by atoms with van der Waals surface area (Å²) in [4.78, 5) is 29.9. The molecule has 0 spiro atoms. The molecule has 0 saturated carbocycles. The number of aliphatic hydroxyl groups excluding tert-OH is 1. The summed E-state index contributed by atoms with van der Waals surface area (Å²) in [6.07, 6.45) is 0.744. The molecule has 1 aliphatic rings. The van der Waals surface area contributed by atoms with Gasteiger partial charge < -0.3 is 19.6 Å². The van der Waals surface area contributed by atoms with Crippen molar-refractivity contribution >= 4 is 17.4 Å². The van der Waals surface area contributed by atoms with E-state index in [0.717, 1.165) is 37.4 Å². The van der Waals surface area contributed by atoms with Gasteiger partial charge in [-0.1, -0.05) is 56.3 Å². The van der Waals surface area contributed by atoms with Crippen molar-refractivity contribution in [1.29, 1.82) is 0 Å². The fourth-order valence-electron chi connectivity index (χ4n) is 4.13. The Morgan fingerprint density at radius 1 is 1.00 bits per heavy atom. The average molecular weight is 437 g/mol. The molecule has 0 aromatic heterocycles. The van der Waals surface area contributed by atoms with Crippen LogP contribution in [0.5, 0.6) is 5.75 Å². The van der Waals surface area contributed by atoms with Crippen LogP contribution in [0.1, 0.15) is 44.4 Å². The van der Waals surface area contributed by atoms with E-state index in [1.807, 2.05) is 37.3 Å². The summed E-state index contributed by atoms with van der Waals surface area (Å²) in [6.45, 7) is 9.83. The highest BCUT2D eigenvalue weighted by molar-refractivity contribution is 6.46. The summed E-state index contributed by atoms with van der Waals surface area (Å²) in [5.74, 6) is -0.638. The number of Topliss-reactive ketones (excluding diaryl/α,β-unsaturated/α-hetero) is 1. The predicted molar refractivity (Wildman–Crippen MR) is 125 cm³/mol. The molecule has 0 radical (unpaired) electrons. The molecule has 0 aliphatic carbocycles. The summed E-state index contributed by atoms with van der Waals surface area (Å²) < 4.78 is 5.54. The number of aliphatic hydroxyl groups is 1. The van der Waals surface area contributed by atoms with Crippen LogP contribution < -0.4 is 4.74 Å². The van der Waals surface area contributed by atoms with Gasteiger partial charge in [0.05, 0.1) is 18.2 Å². The number of hydrogen-bond acceptors (Lipinski definition) is 5. The second-order valence-corrected chi connectivity index (χ2v) is 7.74. The first-order valence-corrected chi connectivity index (χ1v) is 11.3. The van der Waals surface area contributed by atoms with Gasteiger partial charge in [-0.05, 0) is 50.7 Å². The highest BCUT2D eigenvalue weighted by atomic mass is 16.5. The van der Waals surface area contributed by atoms with Crippen LogP contribution in [0.25, 0.3) is 5.76 Å². The van der Waals surface area contributed by atoms with Gasteiger partial charge in [-0.15, -0.1) is 0 Å². The first-order chi connectivity index (χ1) is 15.5. The molecule has 2 aromatic carbocycles. The van der Waals surface area contributed by atoms with Crippen molar-refractivity contribution in [3.8, 4) is 5.75 Å². The molecule has 1 atom stereocenters. The molecular weight excluding hydrogens is 404 g/mol. The molecule has 32 heavy (non-hydrogen) atoms. The zero-order valence-electron chi connectivity index (χ0n) is 19.1. The highest BCUT2D eigenvalue weighted by Gasteiger charge is 2.45. The maximum absolute atomic E-state index is 13.0. The third-order valence-corrected chi connectivity index (χ3v) is 5.86. The molecule has 6 heteroatoms. The second kappa shape index (κ2) is 11.0. The van der Waals surface area contributed by atoms with Gasteiger partial charge >= 0.3 is 0 Å². The van der Waals surface area contributed by atoms with E-state index in [2.05, 4.69) is 18.7 Å². The Hall–Kier alpha value is -3.12. The van der Waals surface area contributed by atoms with Gasteiger partial charge in [0, 0.05) is 12.1 Å². The summed E-state index contributed by atoms with van der Waals surface area (Å²) >= 11 is 0. The molecule has 1 saturated heterocycles. The number of likely N-dealkylation sites (tertiary alicyclic amines) is 1. The highest BCUT2D eigenvalue weighted by Crippen LogP contribution is 2.39. The van der Waals surface area contributed by atoms with Crippen LogP contribution in [-0.4, -0.2) is 59.4 Å². The average Bonchev–Trinajstić information content (AvgIpc) is 3.07. The Bertz CT molecular complexity index is 950. The van der Waals surface area contributed by atoms with Gasteiger partial charge in [-0.2, -0.15) is 0 Å². The fourth-order valence-corrected chi connectivity index (χ4v) is 4.13. The van der Waals surface area contributed by atoms with Crippen molar-refractivity contribution in [1.82, 2.24) is 9.80 Å². The minimum absolute atomic E-state index is 0.133. The van der Waals surface area contributed by atoms with E-state index >= 15 is 0 Å². The lowest BCUT2D eigenvalue weighted by Gasteiger charge is -2.27. The summed E-state index contributed by atoms with van der Waals surface area (Å²) in [5.41, 5.74) is 1.42. The summed E-state index contributed by atoms with van der Waals surface area (Å²) in [7, 11) is 0. The van der Waals surface area contributed by atoms with E-state index in [-0.39, 0.29) is 11.3 Å². The van der Waals surface area contributed by atoms with Gasteiger partial charge in [0.15, 0.2) is 0 Å². The van der Waals surface area contributed by atoms with Crippen LogP contribution in [0, 0.1) is 0 Å². The third-order valence-electron chi connectivity index (χ3n) is 5.86. The van der Waals surface area contributed by atoms with Crippen LogP contribution in [0.4, 0.5) is 0 Å². The SMILES string of the molecule is CCOc1ccc(C2/C(=C(/O)c3ccccc3)C(=O)C(=O)N2CCCN(CC)CC)cc1. The summed E-state index contributed by atoms with van der Waals surface area (Å²) in [6, 6.07) is 15.6. The largest absolute Gasteiger partial charge is 0.507 e. The number of nitrogens with zero attached hydrogens (tertiary/aromatic N) is 2. The van der Waals surface area contributed by atoms with Crippen molar-refractivity contribution in [3.05, 3.63) is 71.3 Å². The lowest BCUT2D eigenvalue weighted by molar-refractivity contribution is -0.140. The Kier molecular flexibility index (Phi) is 8.06. The monoisotopic (exact) mass is 436 g/mol. The molecule has 6 nitrogen and oxygen atoms in total. The Morgan fingerprint density at radius 3 is 2.25 bits per heavy atom. The molecule has 1 N–H and O–H groups in total.